The lowest BCUT2D eigenvalue weighted by atomic mass is 9.91. The number of hydrogen-bond acceptors (Lipinski definition) is 6. The van der Waals surface area contributed by atoms with Gasteiger partial charge in [0.15, 0.2) is 0 Å². The molecule has 3 aromatic carbocycles. The molecule has 0 aliphatic carbocycles. The zero-order valence-corrected chi connectivity index (χ0v) is 26.8. The highest BCUT2D eigenvalue weighted by Crippen LogP contribution is 2.39. The topological polar surface area (TPSA) is 77.3 Å². The van der Waals surface area contributed by atoms with Gasteiger partial charge in [-0.3, -0.25) is 19.9 Å². The number of rotatable bonds is 6. The van der Waals surface area contributed by atoms with Gasteiger partial charge in [-0.25, -0.2) is 9.97 Å². The molecular weight excluding hydrogens is 613 g/mol. The van der Waals surface area contributed by atoms with Crippen molar-refractivity contribution in [3.05, 3.63) is 170 Å². The molecule has 9 aromatic rings. The molecular formula is C44H28N6. The zero-order chi connectivity index (χ0) is 33.3. The fraction of sp³-hybridized carbons (Fsp3) is 0. The number of hydrogen-bond donors (Lipinski definition) is 0. The Morgan fingerprint density at radius 3 is 0.960 bits per heavy atom. The molecule has 9 rings (SSSR count). The van der Waals surface area contributed by atoms with Crippen molar-refractivity contribution in [1.82, 2.24) is 29.9 Å². The van der Waals surface area contributed by atoms with Crippen LogP contribution < -0.4 is 0 Å². The predicted octanol–water partition coefficient (Wildman–Crippen LogP) is 10.4. The third-order valence-electron chi connectivity index (χ3n) is 8.86. The van der Waals surface area contributed by atoms with Crippen LogP contribution in [0.25, 0.3) is 89.4 Å². The van der Waals surface area contributed by atoms with Crippen LogP contribution in [0.15, 0.2) is 170 Å². The summed E-state index contributed by atoms with van der Waals surface area (Å²) >= 11 is 0. The zero-order valence-electron chi connectivity index (χ0n) is 26.8. The van der Waals surface area contributed by atoms with Gasteiger partial charge < -0.3 is 0 Å². The van der Waals surface area contributed by atoms with Gasteiger partial charge in [0.2, 0.25) is 0 Å². The average molecular weight is 641 g/mol. The first-order valence-electron chi connectivity index (χ1n) is 16.4. The molecule has 0 spiro atoms. The molecule has 0 bridgehead atoms. The van der Waals surface area contributed by atoms with Crippen molar-refractivity contribution in [1.29, 1.82) is 0 Å². The standard InChI is InChI=1S/C44H28N6/c1-5-19-45-37(15-1)41-24-31(25-42(49-41)38-16-2-6-20-46-38)33-13-9-11-29-23-30-12-10-14-34(36(30)28-35(29)33)32-26-43(39-17-3-7-21-47-39)50-44(27-32)40-18-4-8-22-48-40/h1-28H. The summed E-state index contributed by atoms with van der Waals surface area (Å²) in [6.07, 6.45) is 7.20. The minimum absolute atomic E-state index is 0.795. The van der Waals surface area contributed by atoms with Crippen molar-refractivity contribution < 1.29 is 0 Å². The first-order valence-corrected chi connectivity index (χ1v) is 16.4. The molecule has 234 valence electrons. The quantitative estimate of drug-likeness (QED) is 0.168. The first-order chi connectivity index (χ1) is 24.8. The third-order valence-corrected chi connectivity index (χ3v) is 8.86. The minimum Gasteiger partial charge on any atom is -0.255 e. The summed E-state index contributed by atoms with van der Waals surface area (Å²) in [5.41, 5.74) is 10.7. The second-order valence-corrected chi connectivity index (χ2v) is 12.0. The smallest absolute Gasteiger partial charge is 0.0900 e. The lowest BCUT2D eigenvalue weighted by molar-refractivity contribution is 1.22. The number of aromatic nitrogens is 6. The molecule has 0 fully saturated rings. The van der Waals surface area contributed by atoms with Crippen LogP contribution in [0.4, 0.5) is 0 Å². The van der Waals surface area contributed by atoms with Crippen LogP contribution >= 0.6 is 0 Å². The summed E-state index contributed by atoms with van der Waals surface area (Å²) in [6.45, 7) is 0. The molecule has 0 saturated carbocycles. The first kappa shape index (κ1) is 29.2. The normalized spacial score (nSPS) is 11.2. The summed E-state index contributed by atoms with van der Waals surface area (Å²) in [6, 6.07) is 49.6. The maximum atomic E-state index is 5.01. The van der Waals surface area contributed by atoms with E-state index in [0.717, 1.165) is 89.4 Å². The van der Waals surface area contributed by atoms with Crippen LogP contribution in [0.5, 0.6) is 0 Å². The second-order valence-electron chi connectivity index (χ2n) is 12.0. The van der Waals surface area contributed by atoms with E-state index in [1.807, 2.05) is 72.8 Å². The molecule has 0 N–H and O–H groups in total. The molecule has 50 heavy (non-hydrogen) atoms. The average Bonchev–Trinajstić information content (AvgIpc) is 3.20. The Kier molecular flexibility index (Phi) is 7.37. The molecule has 0 aliphatic rings. The van der Waals surface area contributed by atoms with E-state index in [9.17, 15) is 0 Å². The fourth-order valence-electron chi connectivity index (χ4n) is 6.51. The molecule has 0 amide bonds. The largest absolute Gasteiger partial charge is 0.255 e. The Balaban J connectivity index is 1.26. The van der Waals surface area contributed by atoms with Gasteiger partial charge in [0.05, 0.1) is 45.6 Å². The highest BCUT2D eigenvalue weighted by atomic mass is 14.8. The SMILES string of the molecule is c1ccc(-c2cc(-c3cccc4cc5cccc(-c6cc(-c7ccccn7)nc(-c7ccccn7)c6)c5cc34)cc(-c3ccccn3)n2)nc1. The van der Waals surface area contributed by atoms with E-state index in [4.69, 9.17) is 9.97 Å². The molecule has 0 unspecified atom stereocenters. The minimum atomic E-state index is 0.795. The molecule has 6 heterocycles. The van der Waals surface area contributed by atoms with Gasteiger partial charge in [0.25, 0.3) is 0 Å². The molecule has 0 aliphatic heterocycles. The van der Waals surface area contributed by atoms with Crippen LogP contribution in [0.2, 0.25) is 0 Å². The van der Waals surface area contributed by atoms with Crippen molar-refractivity contribution in [2.45, 2.75) is 0 Å². The van der Waals surface area contributed by atoms with E-state index in [1.165, 1.54) is 0 Å². The van der Waals surface area contributed by atoms with E-state index >= 15 is 0 Å². The summed E-state index contributed by atoms with van der Waals surface area (Å²) in [4.78, 5) is 28.5. The number of fused-ring (bicyclic) bond motifs is 2. The van der Waals surface area contributed by atoms with Crippen LogP contribution in [0, 0.1) is 0 Å². The molecule has 0 saturated heterocycles. The van der Waals surface area contributed by atoms with Crippen LogP contribution in [-0.2, 0) is 0 Å². The van der Waals surface area contributed by atoms with E-state index in [2.05, 4.69) is 92.7 Å². The lowest BCUT2D eigenvalue weighted by Gasteiger charge is -2.15. The molecule has 0 atom stereocenters. The fourth-order valence-corrected chi connectivity index (χ4v) is 6.51. The van der Waals surface area contributed by atoms with Crippen LogP contribution in [0.3, 0.4) is 0 Å². The van der Waals surface area contributed by atoms with Gasteiger partial charge in [-0.2, -0.15) is 0 Å². The molecule has 0 radical (unpaired) electrons. The van der Waals surface area contributed by atoms with Gasteiger partial charge in [-0.1, -0.05) is 60.7 Å². The van der Waals surface area contributed by atoms with Gasteiger partial charge in [0, 0.05) is 24.8 Å². The van der Waals surface area contributed by atoms with E-state index in [1.54, 1.807) is 24.8 Å². The van der Waals surface area contributed by atoms with Gasteiger partial charge in [-0.05, 0) is 129 Å². The Morgan fingerprint density at radius 2 is 0.640 bits per heavy atom. The van der Waals surface area contributed by atoms with E-state index in [0.29, 0.717) is 0 Å². The highest BCUT2D eigenvalue weighted by Gasteiger charge is 2.16. The Hall–Kier alpha value is -6.92. The van der Waals surface area contributed by atoms with Crippen molar-refractivity contribution in [3.63, 3.8) is 0 Å². The van der Waals surface area contributed by atoms with Gasteiger partial charge in [0.1, 0.15) is 0 Å². The van der Waals surface area contributed by atoms with Crippen LogP contribution in [0.1, 0.15) is 0 Å². The molecule has 6 aromatic heterocycles. The van der Waals surface area contributed by atoms with Crippen molar-refractivity contribution >= 4 is 21.5 Å². The monoisotopic (exact) mass is 640 g/mol. The van der Waals surface area contributed by atoms with Crippen LogP contribution in [-0.4, -0.2) is 29.9 Å². The summed E-state index contributed by atoms with van der Waals surface area (Å²) in [7, 11) is 0. The Labute approximate surface area is 288 Å². The van der Waals surface area contributed by atoms with E-state index < -0.39 is 0 Å². The Bertz CT molecular complexity index is 2330. The molecule has 6 heteroatoms. The van der Waals surface area contributed by atoms with Gasteiger partial charge in [-0.15, -0.1) is 0 Å². The van der Waals surface area contributed by atoms with Crippen molar-refractivity contribution in [3.8, 4) is 67.8 Å². The second kappa shape index (κ2) is 12.6. The van der Waals surface area contributed by atoms with Crippen molar-refractivity contribution in [2.75, 3.05) is 0 Å². The number of nitrogens with zero attached hydrogens (tertiary/aromatic N) is 6. The Morgan fingerprint density at radius 1 is 0.280 bits per heavy atom. The third kappa shape index (κ3) is 5.55. The maximum absolute atomic E-state index is 5.01. The lowest BCUT2D eigenvalue weighted by Crippen LogP contribution is -1.95. The summed E-state index contributed by atoms with van der Waals surface area (Å²) < 4.78 is 0. The number of benzene rings is 3. The van der Waals surface area contributed by atoms with Gasteiger partial charge >= 0.3 is 0 Å². The van der Waals surface area contributed by atoms with E-state index in [-0.39, 0.29) is 0 Å². The summed E-state index contributed by atoms with van der Waals surface area (Å²) in [5, 5.41) is 4.59. The highest BCUT2D eigenvalue weighted by molar-refractivity contribution is 6.09. The molecule has 6 nitrogen and oxygen atoms in total. The maximum Gasteiger partial charge on any atom is 0.0900 e. The predicted molar refractivity (Wildman–Crippen MR) is 201 cm³/mol. The summed E-state index contributed by atoms with van der Waals surface area (Å²) in [5.74, 6) is 0. The van der Waals surface area contributed by atoms with Crippen molar-refractivity contribution in [2.24, 2.45) is 0 Å². The number of pyridine rings is 6.